The lowest BCUT2D eigenvalue weighted by molar-refractivity contribution is 0.399. The molecule has 0 fully saturated rings. The van der Waals surface area contributed by atoms with Crippen molar-refractivity contribution in [2.45, 2.75) is 132 Å². The summed E-state index contributed by atoms with van der Waals surface area (Å²) in [5, 5.41) is 21.4. The van der Waals surface area contributed by atoms with Gasteiger partial charge in [0.1, 0.15) is 69.1 Å². The molecule has 12 aromatic carbocycles. The second-order valence-corrected chi connectivity index (χ2v) is 33.8. The minimum Gasteiger partial charge on any atom is -0.453 e. The first-order valence-electron chi connectivity index (χ1n) is 39.5. The summed E-state index contributed by atoms with van der Waals surface area (Å²) < 4.78 is 55.4. The average molecular weight is 1750 g/mol. The molecule has 16 rings (SSSR count). The summed E-state index contributed by atoms with van der Waals surface area (Å²) in [6.45, 7) is 33.7. The molecule has 0 saturated heterocycles. The van der Waals surface area contributed by atoms with E-state index < -0.39 is 8.59 Å². The summed E-state index contributed by atoms with van der Waals surface area (Å²) in [6, 6.07) is 65.4. The van der Waals surface area contributed by atoms with Gasteiger partial charge in [0.15, 0.2) is 66.3 Å². The number of aliphatic hydroxyl groups excluding tert-OH is 2. The molecule has 22 heteroatoms. The van der Waals surface area contributed by atoms with E-state index in [2.05, 4.69) is 231 Å². The van der Waals surface area contributed by atoms with Crippen LogP contribution in [0.15, 0.2) is 214 Å². The highest BCUT2D eigenvalue weighted by Gasteiger charge is 2.36. The van der Waals surface area contributed by atoms with Crippen LogP contribution in [-0.4, -0.2) is 56.4 Å². The summed E-state index contributed by atoms with van der Waals surface area (Å²) >= 11 is 28.8. The second-order valence-electron chi connectivity index (χ2n) is 29.9. The number of fused-ring (bicyclic) bond motifs is 4. The standard InChI is InChI=1S/C96H86N6O8.2CHCl3.2CH4O/c1-51-25-17-26-52(2)85(51)103-75-41-67-49-97-93(69(67)43-77(75)105-87-55(5)29-19-30-56(87)6)101-95-73-47-81(109-91-63(13)37-23-38-64(91)14)79(107-89-59(9)33-21-34-60(89)10)45-71(73)83(99-95)84-72-46-80(108-90-61(11)35-22-36-62(90)12)82(110-92-65(15)39-24-40-66(92)16)48-74(72)96(100-84)102-94-70-44-78(106-88-57(7)31-20-32-58(88)8)76(42-68(70)50-98-94)104-86-53(3)27-18-28-54(86)4;2*2-1(3)4;2*1-2/h17-48H,49-50H2,1-16H3,(H,97,99,101)(H,98,100,102);2*1H;2*2H,1H3/b84-83+;;;;. The fourth-order valence-corrected chi connectivity index (χ4v) is 15.0. The number of aliphatic imine (C=N–C) groups is 4. The van der Waals surface area contributed by atoms with Crippen molar-refractivity contribution in [2.75, 3.05) is 14.2 Å². The van der Waals surface area contributed by atoms with E-state index in [-0.39, 0.29) is 0 Å². The molecule has 0 atom stereocenters. The van der Waals surface area contributed by atoms with E-state index in [0.29, 0.717) is 139 Å². The van der Waals surface area contributed by atoms with Crippen LogP contribution in [0.1, 0.15) is 134 Å². The van der Waals surface area contributed by atoms with E-state index in [1.807, 2.05) is 84.9 Å². The summed E-state index contributed by atoms with van der Waals surface area (Å²) in [5.74, 6) is 11.7. The van der Waals surface area contributed by atoms with E-state index in [9.17, 15) is 0 Å². The minimum absolute atomic E-state index is 0.385. The Morgan fingerprint density at radius 1 is 0.254 bits per heavy atom. The smallest absolute Gasteiger partial charge is 0.180 e. The second kappa shape index (κ2) is 39.7. The molecular weight excluding hydrogens is 1660 g/mol. The van der Waals surface area contributed by atoms with Crippen molar-refractivity contribution in [2.24, 2.45) is 20.0 Å². The number of amidine groups is 4. The van der Waals surface area contributed by atoms with Crippen LogP contribution in [0.3, 0.4) is 0 Å². The molecule has 0 bridgehead atoms. The highest BCUT2D eigenvalue weighted by Crippen LogP contribution is 2.52. The van der Waals surface area contributed by atoms with Crippen molar-refractivity contribution in [3.63, 3.8) is 0 Å². The average Bonchev–Trinajstić information content (AvgIpc) is 1.57. The Labute approximate surface area is 744 Å². The van der Waals surface area contributed by atoms with E-state index in [1.165, 1.54) is 0 Å². The third kappa shape index (κ3) is 20.1. The highest BCUT2D eigenvalue weighted by atomic mass is 35.6. The maximum atomic E-state index is 7.25. The van der Waals surface area contributed by atoms with Crippen LogP contribution in [0.25, 0.3) is 11.4 Å². The van der Waals surface area contributed by atoms with Crippen LogP contribution in [0.4, 0.5) is 0 Å². The molecule has 0 radical (unpaired) electrons. The molecule has 4 aliphatic rings. The van der Waals surface area contributed by atoms with Gasteiger partial charge in [-0.15, -0.1) is 0 Å². The van der Waals surface area contributed by atoms with Gasteiger partial charge in [-0.3, -0.25) is 0 Å². The molecule has 122 heavy (non-hydrogen) atoms. The summed E-state index contributed by atoms with van der Waals surface area (Å²) in [6.07, 6.45) is 0. The Morgan fingerprint density at radius 3 is 0.590 bits per heavy atom. The number of nitrogens with one attached hydrogen (secondary N) is 2. The Bertz CT molecular complexity index is 5640. The Morgan fingerprint density at radius 2 is 0.410 bits per heavy atom. The van der Waals surface area contributed by atoms with E-state index in [1.54, 1.807) is 0 Å². The van der Waals surface area contributed by atoms with Crippen LogP contribution in [0.5, 0.6) is 92.0 Å². The number of hydrogen-bond acceptors (Lipinski definition) is 14. The van der Waals surface area contributed by atoms with E-state index >= 15 is 0 Å². The van der Waals surface area contributed by atoms with Crippen molar-refractivity contribution in [1.29, 1.82) is 0 Å². The number of nitrogens with zero attached hydrogens (tertiary/aromatic N) is 4. The lowest BCUT2D eigenvalue weighted by atomic mass is 9.99. The first-order valence-corrected chi connectivity index (χ1v) is 42.1. The van der Waals surface area contributed by atoms with Gasteiger partial charge in [-0.25, -0.2) is 20.0 Å². The maximum Gasteiger partial charge on any atom is 0.180 e. The fourth-order valence-electron chi connectivity index (χ4n) is 15.0. The van der Waals surface area contributed by atoms with E-state index in [4.69, 9.17) is 138 Å². The SMILES string of the molecule is CO.CO.Cc1cccc(C)c1Oc1cc2c(cc1Oc1c(C)cccc1C)C(=NC1=N/C(=C3/N=C(N=C4NCc5cc(Oc6c(C)cccc6C)c(Oc6c(C)cccc6C)cc54)c4cc(Oc5c(C)cccc5C)c(Oc5c(C)cccc5C)cc43)c3cc(Oc4c(C)cccc4C)c(Oc4c(C)cccc4C)cc31)NC2.ClC(Cl)Cl.ClC(Cl)Cl. The molecule has 4 aliphatic heterocycles. The van der Waals surface area contributed by atoms with Crippen LogP contribution in [0.2, 0.25) is 0 Å². The molecule has 4 heterocycles. The van der Waals surface area contributed by atoms with Gasteiger partial charge in [-0.05, 0) is 259 Å². The van der Waals surface area contributed by atoms with Crippen molar-refractivity contribution >= 4 is 104 Å². The number of aryl methyl sites for hydroxylation is 16. The third-order valence-corrected chi connectivity index (χ3v) is 21.0. The molecule has 16 nitrogen and oxygen atoms in total. The molecule has 0 amide bonds. The van der Waals surface area contributed by atoms with Gasteiger partial charge in [-0.2, -0.15) is 0 Å². The number of ether oxygens (including phenoxy) is 8. The molecular formula is C100H96Cl6N6O10. The summed E-state index contributed by atoms with van der Waals surface area (Å²) in [7, 11) is 2.00. The van der Waals surface area contributed by atoms with Gasteiger partial charge in [0.25, 0.3) is 0 Å². The number of rotatable bonds is 16. The zero-order valence-corrected chi connectivity index (χ0v) is 75.8. The van der Waals surface area contributed by atoms with Crippen molar-refractivity contribution in [3.8, 4) is 92.0 Å². The van der Waals surface area contributed by atoms with E-state index in [0.717, 1.165) is 148 Å². The van der Waals surface area contributed by atoms with Crippen LogP contribution < -0.4 is 48.5 Å². The predicted molar refractivity (Wildman–Crippen MR) is 499 cm³/mol. The lowest BCUT2D eigenvalue weighted by Crippen LogP contribution is -2.17. The zero-order valence-electron chi connectivity index (χ0n) is 71.3. The third-order valence-electron chi connectivity index (χ3n) is 21.0. The van der Waals surface area contributed by atoms with Gasteiger partial charge in [0.05, 0.1) is 0 Å². The molecule has 628 valence electrons. The Kier molecular flexibility index (Phi) is 29.3. The van der Waals surface area contributed by atoms with Gasteiger partial charge >= 0.3 is 0 Å². The zero-order chi connectivity index (χ0) is 87.7. The quantitative estimate of drug-likeness (QED) is 0.0672. The number of hydrogen-bond donors (Lipinski definition) is 4. The molecule has 12 aromatic rings. The number of aliphatic hydroxyl groups is 2. The molecule has 0 spiro atoms. The summed E-state index contributed by atoms with van der Waals surface area (Å²) in [4.78, 5) is 22.8. The summed E-state index contributed by atoms with van der Waals surface area (Å²) in [5.41, 5.74) is 22.8. The topological polar surface area (TPSA) is 188 Å². The van der Waals surface area contributed by atoms with Gasteiger partial charge in [0.2, 0.25) is 0 Å². The van der Waals surface area contributed by atoms with Crippen LogP contribution in [0, 0.1) is 111 Å². The normalized spacial score (nSPS) is 13.7. The largest absolute Gasteiger partial charge is 0.453 e. The van der Waals surface area contributed by atoms with Crippen molar-refractivity contribution in [3.05, 3.63) is 328 Å². The molecule has 0 unspecified atom stereocenters. The molecule has 0 aliphatic carbocycles. The first kappa shape index (κ1) is 90.0. The Balaban J connectivity index is 0.00000107. The van der Waals surface area contributed by atoms with Gasteiger partial charge in [-0.1, -0.05) is 215 Å². The highest BCUT2D eigenvalue weighted by molar-refractivity contribution is 6.63. The number of alkyl halides is 6. The molecule has 0 aromatic heterocycles. The molecule has 0 saturated carbocycles. The van der Waals surface area contributed by atoms with Gasteiger partial charge in [0, 0.05) is 60.7 Å². The number of halogens is 6. The monoisotopic (exact) mass is 1750 g/mol. The fraction of sp³-hybridized carbons (Fsp3) is 0.220. The van der Waals surface area contributed by atoms with Crippen molar-refractivity contribution < 1.29 is 48.1 Å². The van der Waals surface area contributed by atoms with Crippen LogP contribution in [-0.2, 0) is 13.1 Å². The predicted octanol–water partition coefficient (Wildman–Crippen LogP) is 27.6. The van der Waals surface area contributed by atoms with Crippen LogP contribution >= 0.6 is 69.6 Å². The first-order chi connectivity index (χ1) is 58.5. The minimum atomic E-state index is -0.750. The molecule has 4 N–H and O–H groups in total. The lowest BCUT2D eigenvalue weighted by Gasteiger charge is -2.19. The number of benzene rings is 12. The Hall–Kier alpha value is -11.3. The maximum absolute atomic E-state index is 7.25. The van der Waals surface area contributed by atoms with Crippen molar-refractivity contribution in [1.82, 2.24) is 10.6 Å². The van der Waals surface area contributed by atoms with Gasteiger partial charge < -0.3 is 58.7 Å². The number of para-hydroxylation sites is 8.